The van der Waals surface area contributed by atoms with E-state index in [-0.39, 0.29) is 12.7 Å². The van der Waals surface area contributed by atoms with E-state index in [1.54, 1.807) is 24.4 Å². The summed E-state index contributed by atoms with van der Waals surface area (Å²) >= 11 is 0. The van der Waals surface area contributed by atoms with Gasteiger partial charge in [0.15, 0.2) is 11.5 Å². The Labute approximate surface area is 133 Å². The smallest absolute Gasteiger partial charge is 0.271 e. The minimum atomic E-state index is -0.319. The minimum absolute atomic E-state index is 0.175. The van der Waals surface area contributed by atoms with Crippen LogP contribution in [0.1, 0.15) is 22.8 Å². The fourth-order valence-corrected chi connectivity index (χ4v) is 2.12. The lowest BCUT2D eigenvalue weighted by Crippen LogP contribution is -2.17. The molecule has 0 bridgehead atoms. The van der Waals surface area contributed by atoms with Gasteiger partial charge < -0.3 is 14.2 Å². The number of fused-ring (bicyclic) bond motifs is 1. The average molecular weight is 312 g/mol. The fourth-order valence-electron chi connectivity index (χ4n) is 2.12. The number of rotatable bonds is 5. The summed E-state index contributed by atoms with van der Waals surface area (Å²) in [6, 6.07) is 12.4. The van der Waals surface area contributed by atoms with Crippen molar-refractivity contribution < 1.29 is 19.0 Å². The number of carbonyl (C=O) groups is 1. The van der Waals surface area contributed by atoms with Gasteiger partial charge in [-0.2, -0.15) is 5.10 Å². The number of hydrazone groups is 1. The Balaban J connectivity index is 1.63. The first kappa shape index (κ1) is 14.9. The van der Waals surface area contributed by atoms with Crippen LogP contribution in [0.15, 0.2) is 47.6 Å². The predicted molar refractivity (Wildman–Crippen MR) is 85.2 cm³/mol. The summed E-state index contributed by atoms with van der Waals surface area (Å²) in [5, 5.41) is 3.96. The molecule has 0 saturated carbocycles. The topological polar surface area (TPSA) is 69.2 Å². The highest BCUT2D eigenvalue weighted by Crippen LogP contribution is 2.32. The van der Waals surface area contributed by atoms with E-state index < -0.39 is 0 Å². The van der Waals surface area contributed by atoms with E-state index >= 15 is 0 Å². The van der Waals surface area contributed by atoms with Crippen LogP contribution in [0.25, 0.3) is 0 Å². The average Bonchev–Trinajstić information content (AvgIpc) is 3.03. The van der Waals surface area contributed by atoms with Crippen molar-refractivity contribution in [1.82, 2.24) is 5.43 Å². The third-order valence-corrected chi connectivity index (χ3v) is 3.18. The molecule has 23 heavy (non-hydrogen) atoms. The quantitative estimate of drug-likeness (QED) is 0.680. The highest BCUT2D eigenvalue weighted by atomic mass is 16.7. The van der Waals surface area contributed by atoms with Gasteiger partial charge >= 0.3 is 0 Å². The molecule has 3 rings (SSSR count). The summed E-state index contributed by atoms with van der Waals surface area (Å²) in [4.78, 5) is 12.1. The molecule has 1 aliphatic heterocycles. The maximum atomic E-state index is 12.1. The van der Waals surface area contributed by atoms with E-state index in [2.05, 4.69) is 10.5 Å². The summed E-state index contributed by atoms with van der Waals surface area (Å²) < 4.78 is 15.9. The maximum absolute atomic E-state index is 12.1. The van der Waals surface area contributed by atoms with Crippen LogP contribution >= 0.6 is 0 Å². The Morgan fingerprint density at radius 1 is 1.26 bits per heavy atom. The SMILES string of the molecule is CCOc1cccc(C=NNC(=O)c2ccc3c(c2)OCO3)c1. The first-order chi connectivity index (χ1) is 11.3. The van der Waals surface area contributed by atoms with Crippen LogP contribution in [0.3, 0.4) is 0 Å². The van der Waals surface area contributed by atoms with Crippen molar-refractivity contribution in [1.29, 1.82) is 0 Å². The molecule has 0 aliphatic carbocycles. The van der Waals surface area contributed by atoms with Gasteiger partial charge in [0.2, 0.25) is 6.79 Å². The van der Waals surface area contributed by atoms with Crippen LogP contribution < -0.4 is 19.6 Å². The van der Waals surface area contributed by atoms with Gasteiger partial charge in [-0.3, -0.25) is 4.79 Å². The van der Waals surface area contributed by atoms with Crippen molar-refractivity contribution in [3.63, 3.8) is 0 Å². The van der Waals surface area contributed by atoms with Gasteiger partial charge in [-0.05, 0) is 42.8 Å². The molecule has 1 aliphatic rings. The zero-order valence-electron chi connectivity index (χ0n) is 12.6. The van der Waals surface area contributed by atoms with Crippen molar-refractivity contribution >= 4 is 12.1 Å². The summed E-state index contributed by atoms with van der Waals surface area (Å²) in [5.41, 5.74) is 3.77. The number of amides is 1. The molecule has 0 fully saturated rings. The Morgan fingerprint density at radius 3 is 3.00 bits per heavy atom. The van der Waals surface area contributed by atoms with Crippen molar-refractivity contribution in [2.75, 3.05) is 13.4 Å². The Kier molecular flexibility index (Phi) is 4.42. The Morgan fingerprint density at radius 2 is 2.13 bits per heavy atom. The number of carbonyl (C=O) groups excluding carboxylic acids is 1. The van der Waals surface area contributed by atoms with E-state index in [1.807, 2.05) is 31.2 Å². The molecule has 1 amide bonds. The first-order valence-electron chi connectivity index (χ1n) is 7.22. The lowest BCUT2D eigenvalue weighted by atomic mass is 10.2. The first-order valence-corrected chi connectivity index (χ1v) is 7.22. The summed E-state index contributed by atoms with van der Waals surface area (Å²) in [6.07, 6.45) is 1.56. The molecular formula is C17H16N2O4. The second kappa shape index (κ2) is 6.83. The number of nitrogens with zero attached hydrogens (tertiary/aromatic N) is 1. The minimum Gasteiger partial charge on any atom is -0.494 e. The largest absolute Gasteiger partial charge is 0.494 e. The second-order valence-corrected chi connectivity index (χ2v) is 4.77. The third kappa shape index (κ3) is 3.60. The van der Waals surface area contributed by atoms with E-state index in [9.17, 15) is 4.79 Å². The number of benzene rings is 2. The third-order valence-electron chi connectivity index (χ3n) is 3.18. The van der Waals surface area contributed by atoms with Crippen LogP contribution in [0.5, 0.6) is 17.2 Å². The highest BCUT2D eigenvalue weighted by molar-refractivity contribution is 5.95. The maximum Gasteiger partial charge on any atom is 0.271 e. The summed E-state index contributed by atoms with van der Waals surface area (Å²) in [5.74, 6) is 1.64. The summed E-state index contributed by atoms with van der Waals surface area (Å²) in [7, 11) is 0. The van der Waals surface area contributed by atoms with Gasteiger partial charge in [0.05, 0.1) is 12.8 Å². The van der Waals surface area contributed by atoms with Gasteiger partial charge in [0, 0.05) is 5.56 Å². The number of hydrogen-bond donors (Lipinski definition) is 1. The van der Waals surface area contributed by atoms with E-state index in [0.29, 0.717) is 23.7 Å². The van der Waals surface area contributed by atoms with Crippen LogP contribution in [-0.2, 0) is 0 Å². The standard InChI is InChI=1S/C17H16N2O4/c1-2-21-14-5-3-4-12(8-14)10-18-19-17(20)13-6-7-15-16(9-13)23-11-22-15/h3-10H,2,11H2,1H3,(H,19,20). The van der Waals surface area contributed by atoms with Crippen LogP contribution in [0, 0.1) is 0 Å². The highest BCUT2D eigenvalue weighted by Gasteiger charge is 2.15. The predicted octanol–water partition coefficient (Wildman–Crippen LogP) is 2.58. The molecule has 0 atom stereocenters. The molecule has 118 valence electrons. The van der Waals surface area contributed by atoms with Crippen LogP contribution in [0.2, 0.25) is 0 Å². The molecule has 6 heteroatoms. The van der Waals surface area contributed by atoms with Crippen LogP contribution in [0.4, 0.5) is 0 Å². The zero-order chi connectivity index (χ0) is 16.1. The van der Waals surface area contributed by atoms with Gasteiger partial charge in [-0.15, -0.1) is 0 Å². The van der Waals surface area contributed by atoms with Gasteiger partial charge in [0.25, 0.3) is 5.91 Å². The fraction of sp³-hybridized carbons (Fsp3) is 0.176. The Bertz CT molecular complexity index is 743. The number of nitrogens with one attached hydrogen (secondary N) is 1. The van der Waals surface area contributed by atoms with Gasteiger partial charge in [-0.1, -0.05) is 12.1 Å². The molecule has 0 saturated heterocycles. The molecule has 0 unspecified atom stereocenters. The van der Waals surface area contributed by atoms with E-state index in [1.165, 1.54) is 0 Å². The van der Waals surface area contributed by atoms with Crippen molar-refractivity contribution in [2.45, 2.75) is 6.92 Å². The van der Waals surface area contributed by atoms with Crippen molar-refractivity contribution in [2.24, 2.45) is 5.10 Å². The molecule has 0 radical (unpaired) electrons. The van der Waals surface area contributed by atoms with Crippen molar-refractivity contribution in [3.8, 4) is 17.2 Å². The lowest BCUT2D eigenvalue weighted by molar-refractivity contribution is 0.0954. The molecule has 2 aromatic carbocycles. The van der Waals surface area contributed by atoms with Crippen LogP contribution in [-0.4, -0.2) is 25.5 Å². The molecule has 0 aromatic heterocycles. The molecule has 1 N–H and O–H groups in total. The lowest BCUT2D eigenvalue weighted by Gasteiger charge is -2.03. The summed E-state index contributed by atoms with van der Waals surface area (Å²) in [6.45, 7) is 2.70. The van der Waals surface area contributed by atoms with E-state index in [4.69, 9.17) is 14.2 Å². The molecule has 1 heterocycles. The number of hydrogen-bond acceptors (Lipinski definition) is 5. The normalized spacial score (nSPS) is 12.4. The van der Waals surface area contributed by atoms with Gasteiger partial charge in [0.1, 0.15) is 5.75 Å². The molecule has 0 spiro atoms. The monoisotopic (exact) mass is 312 g/mol. The van der Waals surface area contributed by atoms with E-state index in [0.717, 1.165) is 11.3 Å². The molecule has 6 nitrogen and oxygen atoms in total. The van der Waals surface area contributed by atoms with Gasteiger partial charge in [-0.25, -0.2) is 5.43 Å². The Hall–Kier alpha value is -3.02. The second-order valence-electron chi connectivity index (χ2n) is 4.77. The molecular weight excluding hydrogens is 296 g/mol. The zero-order valence-corrected chi connectivity index (χ0v) is 12.6. The van der Waals surface area contributed by atoms with Crippen molar-refractivity contribution in [3.05, 3.63) is 53.6 Å². The molecule has 2 aromatic rings. The number of ether oxygens (including phenoxy) is 3.